The van der Waals surface area contributed by atoms with Crippen molar-refractivity contribution in [3.05, 3.63) is 46.8 Å². The lowest BCUT2D eigenvalue weighted by Gasteiger charge is -2.24. The summed E-state index contributed by atoms with van der Waals surface area (Å²) in [6, 6.07) is 1.69. The number of phenolic OH excluding ortho intramolecular Hbond substituents is 1. The van der Waals surface area contributed by atoms with E-state index in [2.05, 4.69) is 30.2 Å². The van der Waals surface area contributed by atoms with Gasteiger partial charge >= 0.3 is 0 Å². The van der Waals surface area contributed by atoms with Gasteiger partial charge < -0.3 is 20.4 Å². The van der Waals surface area contributed by atoms with Crippen molar-refractivity contribution in [3.8, 4) is 5.75 Å². The lowest BCUT2D eigenvalue weighted by molar-refractivity contribution is 0.477. The van der Waals surface area contributed by atoms with Gasteiger partial charge in [0, 0.05) is 14.1 Å². The van der Waals surface area contributed by atoms with Crippen molar-refractivity contribution in [1.82, 2.24) is 29.6 Å². The van der Waals surface area contributed by atoms with Crippen LogP contribution >= 0.6 is 0 Å². The Morgan fingerprint density at radius 1 is 1.29 bits per heavy atom. The lowest BCUT2D eigenvalue weighted by atomic mass is 10.2. The molecular weight excluding hydrogens is 367 g/mol. The van der Waals surface area contributed by atoms with E-state index >= 15 is 0 Å². The summed E-state index contributed by atoms with van der Waals surface area (Å²) in [5, 5.41) is 14.5. The average molecular weight is 384 g/mol. The van der Waals surface area contributed by atoms with Gasteiger partial charge in [-0.05, 0) is 19.1 Å². The van der Waals surface area contributed by atoms with Crippen LogP contribution in [0.1, 0.15) is 18.8 Å². The molecular formula is C17H17FN8O2. The fraction of sp³-hybridized carbons (Fsp3) is 0.235. The van der Waals surface area contributed by atoms with Crippen LogP contribution in [0.4, 0.5) is 10.2 Å². The lowest BCUT2D eigenvalue weighted by Crippen LogP contribution is -2.40. The Morgan fingerprint density at radius 2 is 2.07 bits per heavy atom. The molecule has 3 heterocycles. The molecule has 4 rings (SSSR count). The number of hydrogen-bond donors (Lipinski definition) is 3. The number of H-pyrrole nitrogens is 1. The maximum absolute atomic E-state index is 14.3. The monoisotopic (exact) mass is 384 g/mol. The topological polar surface area (TPSA) is 125 Å². The number of nitrogens with zero attached hydrogens (tertiary/aromatic N) is 6. The standard InChI is InChI=1S/C17H17FN8O2/c1-8(23-15-13-14(20-6-19-13)21-7-22-15)16-24-12-10(27)5-4-9(18)11(12)17(28)26(16)25(2)3/h4-8,27H,1-3H3,(H2,19,20,21,22,23)/t8-/m0/s1. The van der Waals surface area contributed by atoms with Crippen molar-refractivity contribution in [2.24, 2.45) is 0 Å². The Balaban J connectivity index is 1.89. The van der Waals surface area contributed by atoms with Crippen LogP contribution in [0.15, 0.2) is 29.6 Å². The van der Waals surface area contributed by atoms with E-state index in [4.69, 9.17) is 0 Å². The first kappa shape index (κ1) is 17.6. The number of nitrogens with one attached hydrogen (secondary N) is 2. The third kappa shape index (κ3) is 2.68. The van der Waals surface area contributed by atoms with Crippen molar-refractivity contribution < 1.29 is 9.50 Å². The van der Waals surface area contributed by atoms with E-state index in [0.29, 0.717) is 17.0 Å². The molecule has 0 saturated carbocycles. The van der Waals surface area contributed by atoms with Gasteiger partial charge in [-0.1, -0.05) is 0 Å². The highest BCUT2D eigenvalue weighted by molar-refractivity contribution is 5.84. The molecule has 10 nitrogen and oxygen atoms in total. The van der Waals surface area contributed by atoms with Gasteiger partial charge in [-0.3, -0.25) is 4.79 Å². The number of hydrogen-bond acceptors (Lipinski definition) is 8. The van der Waals surface area contributed by atoms with E-state index in [-0.39, 0.29) is 22.5 Å². The fourth-order valence-electron chi connectivity index (χ4n) is 3.05. The molecule has 11 heteroatoms. The van der Waals surface area contributed by atoms with E-state index < -0.39 is 17.4 Å². The summed E-state index contributed by atoms with van der Waals surface area (Å²) < 4.78 is 15.5. The Kier molecular flexibility index (Phi) is 4.06. The van der Waals surface area contributed by atoms with Gasteiger partial charge in [0.1, 0.15) is 34.3 Å². The molecule has 0 aliphatic carbocycles. The van der Waals surface area contributed by atoms with Crippen molar-refractivity contribution in [1.29, 1.82) is 0 Å². The summed E-state index contributed by atoms with van der Waals surface area (Å²) in [5.41, 5.74) is 0.367. The molecule has 0 aliphatic rings. The number of rotatable bonds is 4. The maximum Gasteiger partial charge on any atom is 0.283 e. The van der Waals surface area contributed by atoms with Crippen LogP contribution < -0.4 is 15.9 Å². The van der Waals surface area contributed by atoms with Gasteiger partial charge in [0.05, 0.1) is 12.4 Å². The van der Waals surface area contributed by atoms with Crippen molar-refractivity contribution in [2.75, 3.05) is 24.4 Å². The molecule has 0 aliphatic heterocycles. The number of phenols is 1. The second kappa shape index (κ2) is 6.44. The van der Waals surface area contributed by atoms with Gasteiger partial charge in [0.25, 0.3) is 5.56 Å². The highest BCUT2D eigenvalue weighted by Gasteiger charge is 2.22. The number of benzene rings is 1. The van der Waals surface area contributed by atoms with E-state index in [1.165, 1.54) is 28.4 Å². The van der Waals surface area contributed by atoms with Crippen molar-refractivity contribution in [2.45, 2.75) is 13.0 Å². The first-order valence-corrected chi connectivity index (χ1v) is 8.41. The number of aromatic hydroxyl groups is 1. The average Bonchev–Trinajstić information content (AvgIpc) is 3.13. The highest BCUT2D eigenvalue weighted by atomic mass is 19.1. The predicted octanol–water partition coefficient (Wildman–Crippen LogP) is 1.28. The predicted molar refractivity (Wildman–Crippen MR) is 101 cm³/mol. The molecule has 0 fully saturated rings. The second-order valence-electron chi connectivity index (χ2n) is 6.41. The first-order valence-electron chi connectivity index (χ1n) is 8.41. The Hall–Kier alpha value is -3.76. The zero-order chi connectivity index (χ0) is 20.0. The number of aromatic nitrogens is 6. The highest BCUT2D eigenvalue weighted by Crippen LogP contribution is 2.26. The number of halogens is 1. The van der Waals surface area contributed by atoms with E-state index in [0.717, 1.165) is 6.07 Å². The summed E-state index contributed by atoms with van der Waals surface area (Å²) in [4.78, 5) is 32.6. The molecule has 3 N–H and O–H groups in total. The van der Waals surface area contributed by atoms with Crippen molar-refractivity contribution >= 4 is 27.9 Å². The largest absolute Gasteiger partial charge is 0.506 e. The third-order valence-electron chi connectivity index (χ3n) is 4.32. The summed E-state index contributed by atoms with van der Waals surface area (Å²) in [5.74, 6) is -0.276. The first-order chi connectivity index (χ1) is 13.4. The maximum atomic E-state index is 14.3. The van der Waals surface area contributed by atoms with Crippen LogP contribution in [0.2, 0.25) is 0 Å². The van der Waals surface area contributed by atoms with Crippen LogP contribution in [0.25, 0.3) is 22.1 Å². The number of imidazole rings is 1. The van der Waals surface area contributed by atoms with Crippen molar-refractivity contribution in [3.63, 3.8) is 0 Å². The molecule has 1 aromatic carbocycles. The molecule has 0 amide bonds. The molecule has 28 heavy (non-hydrogen) atoms. The zero-order valence-corrected chi connectivity index (χ0v) is 15.3. The van der Waals surface area contributed by atoms with E-state index in [1.54, 1.807) is 21.0 Å². The summed E-state index contributed by atoms with van der Waals surface area (Å²) >= 11 is 0. The van der Waals surface area contributed by atoms with E-state index in [1.807, 2.05) is 0 Å². The molecule has 1 atom stereocenters. The third-order valence-corrected chi connectivity index (χ3v) is 4.32. The molecule has 0 bridgehead atoms. The SMILES string of the molecule is C[C@H](Nc1ncnc2nc[nH]c12)c1nc2c(O)ccc(F)c2c(=O)n1N(C)C. The zero-order valence-electron chi connectivity index (χ0n) is 15.3. The van der Waals surface area contributed by atoms with Gasteiger partial charge in [-0.2, -0.15) is 0 Å². The summed E-state index contributed by atoms with van der Waals surface area (Å²) in [7, 11) is 3.28. The minimum Gasteiger partial charge on any atom is -0.506 e. The fourth-order valence-corrected chi connectivity index (χ4v) is 3.05. The van der Waals surface area contributed by atoms with Crippen LogP contribution in [0, 0.1) is 5.82 Å². The van der Waals surface area contributed by atoms with Crippen LogP contribution in [0.3, 0.4) is 0 Å². The number of fused-ring (bicyclic) bond motifs is 2. The van der Waals surface area contributed by atoms with Gasteiger partial charge in [-0.25, -0.2) is 29.0 Å². The van der Waals surface area contributed by atoms with Gasteiger partial charge in [0.15, 0.2) is 17.3 Å². The smallest absolute Gasteiger partial charge is 0.283 e. The molecule has 0 saturated heterocycles. The molecule has 4 aromatic rings. The minimum atomic E-state index is -0.747. The minimum absolute atomic E-state index is 0.0962. The van der Waals surface area contributed by atoms with Crippen LogP contribution in [-0.4, -0.2) is 48.8 Å². The second-order valence-corrected chi connectivity index (χ2v) is 6.41. The summed E-state index contributed by atoms with van der Waals surface area (Å²) in [6.07, 6.45) is 2.87. The quantitative estimate of drug-likeness (QED) is 0.481. The molecule has 3 aromatic heterocycles. The Bertz CT molecular complexity index is 1250. The van der Waals surface area contributed by atoms with Gasteiger partial charge in [0.2, 0.25) is 0 Å². The number of aromatic amines is 1. The molecule has 0 unspecified atom stereocenters. The van der Waals surface area contributed by atoms with Gasteiger partial charge in [-0.15, -0.1) is 0 Å². The van der Waals surface area contributed by atoms with E-state index in [9.17, 15) is 14.3 Å². The van der Waals surface area contributed by atoms with Crippen LogP contribution in [0.5, 0.6) is 5.75 Å². The Morgan fingerprint density at radius 3 is 2.82 bits per heavy atom. The molecule has 0 spiro atoms. The number of anilines is 1. The Labute approximate surface area is 157 Å². The normalized spacial score (nSPS) is 12.4. The van der Waals surface area contributed by atoms with Crippen LogP contribution in [-0.2, 0) is 0 Å². The molecule has 0 radical (unpaired) electrons. The summed E-state index contributed by atoms with van der Waals surface area (Å²) in [6.45, 7) is 1.77. The molecule has 144 valence electrons.